The van der Waals surface area contributed by atoms with Crippen molar-refractivity contribution in [2.24, 2.45) is 0 Å². The summed E-state index contributed by atoms with van der Waals surface area (Å²) >= 11 is 0. The molecule has 0 aromatic carbocycles. The van der Waals surface area contributed by atoms with E-state index in [9.17, 15) is 0 Å². The third-order valence-electron chi connectivity index (χ3n) is 8.51. The molecule has 0 N–H and O–H groups in total. The van der Waals surface area contributed by atoms with Crippen LogP contribution < -0.4 is 0 Å². The monoisotopic (exact) mass is 444 g/mol. The summed E-state index contributed by atoms with van der Waals surface area (Å²) in [7, 11) is 0. The van der Waals surface area contributed by atoms with Crippen LogP contribution in [-0.2, 0) is 9.47 Å². The lowest BCUT2D eigenvalue weighted by Gasteiger charge is -2.48. The smallest absolute Gasteiger partial charge is 0.199 e. The van der Waals surface area contributed by atoms with Gasteiger partial charge in [0.15, 0.2) is 6.71 Å². The van der Waals surface area contributed by atoms with Crippen molar-refractivity contribution in [3.05, 3.63) is 71.7 Å². The van der Waals surface area contributed by atoms with Crippen molar-refractivity contribution in [3.63, 3.8) is 0 Å². The number of rotatable bonds is 0. The molecule has 2 aliphatic heterocycles. The Labute approximate surface area is 201 Å². The maximum Gasteiger partial charge on any atom is 0.199 e. The Kier molecular flexibility index (Phi) is 7.97. The number of allylic oxidation sites excluding steroid dienone is 10. The Bertz CT molecular complexity index is 841. The van der Waals surface area contributed by atoms with Gasteiger partial charge in [-0.1, -0.05) is 107 Å². The molecule has 3 fully saturated rings. The van der Waals surface area contributed by atoms with E-state index in [1.807, 2.05) is 0 Å². The van der Waals surface area contributed by atoms with Crippen molar-refractivity contribution in [1.29, 1.82) is 0 Å². The molecule has 1 saturated heterocycles. The molecule has 3 aliphatic carbocycles. The van der Waals surface area contributed by atoms with E-state index >= 15 is 0 Å². The molecule has 5 rings (SSSR count). The van der Waals surface area contributed by atoms with Gasteiger partial charge in [-0.15, -0.1) is 0 Å². The highest BCUT2D eigenvalue weighted by Gasteiger charge is 2.52. The number of ether oxygens (including phenoxy) is 2. The maximum absolute atomic E-state index is 6.88. The van der Waals surface area contributed by atoms with Gasteiger partial charge in [-0.25, -0.2) is 0 Å². The molecule has 33 heavy (non-hydrogen) atoms. The Morgan fingerprint density at radius 1 is 0.545 bits per heavy atom. The SMILES string of the molecule is C1=C\C=C/C=C2/OC3CCCCCCCC3B3C2=C(/C=C\C=C/1)OC1CCCCCCCC31. The second kappa shape index (κ2) is 11.5. The molecule has 2 saturated carbocycles. The third kappa shape index (κ3) is 5.44. The van der Waals surface area contributed by atoms with Crippen LogP contribution in [0.1, 0.15) is 89.9 Å². The average Bonchev–Trinajstić information content (AvgIpc) is 3.01. The van der Waals surface area contributed by atoms with Gasteiger partial charge in [-0.3, -0.25) is 0 Å². The Morgan fingerprint density at radius 2 is 1.06 bits per heavy atom. The van der Waals surface area contributed by atoms with Crippen molar-refractivity contribution in [1.82, 2.24) is 0 Å². The van der Waals surface area contributed by atoms with Crippen molar-refractivity contribution >= 4 is 6.71 Å². The summed E-state index contributed by atoms with van der Waals surface area (Å²) in [6.45, 7) is 0.570. The molecule has 0 spiro atoms. The summed E-state index contributed by atoms with van der Waals surface area (Å²) in [6, 6.07) is 0. The van der Waals surface area contributed by atoms with Gasteiger partial charge in [0.25, 0.3) is 0 Å². The van der Waals surface area contributed by atoms with E-state index in [-0.39, 0.29) is 0 Å². The highest BCUT2D eigenvalue weighted by atomic mass is 16.5. The van der Waals surface area contributed by atoms with Crippen molar-refractivity contribution in [2.75, 3.05) is 0 Å². The van der Waals surface area contributed by atoms with Gasteiger partial charge < -0.3 is 9.47 Å². The Morgan fingerprint density at radius 3 is 1.73 bits per heavy atom. The van der Waals surface area contributed by atoms with Crippen LogP contribution in [0.4, 0.5) is 0 Å². The summed E-state index contributed by atoms with van der Waals surface area (Å²) in [5.74, 6) is 3.41. The van der Waals surface area contributed by atoms with Crippen LogP contribution in [0.15, 0.2) is 71.7 Å². The summed E-state index contributed by atoms with van der Waals surface area (Å²) in [5.41, 5.74) is 1.37. The van der Waals surface area contributed by atoms with Crippen molar-refractivity contribution in [2.45, 2.75) is 114 Å². The van der Waals surface area contributed by atoms with E-state index in [1.54, 1.807) is 0 Å². The standard InChI is InChI=1S/C30H41BO2/c1-2-8-16-22-28-30-29(23-17-9-3-1)33-27-21-15-11-5-7-13-19-25(27)31(30)24-18-12-6-4-10-14-20-26(24)32-28/h1-3,8-9,16-17,22-27H,4-7,10-15,18-21H2/b2-1-,3-1?,8-2?,9-3-,16-8-,17-9?,22-16?,23-17-,28-22+,29-23?. The Hall–Kier alpha value is -1.90. The zero-order chi connectivity index (χ0) is 22.3. The topological polar surface area (TPSA) is 18.5 Å². The quantitative estimate of drug-likeness (QED) is 0.349. The number of hydrogen-bond acceptors (Lipinski definition) is 2. The lowest BCUT2D eigenvalue weighted by molar-refractivity contribution is 0.0660. The molecule has 0 aromatic heterocycles. The normalized spacial score (nSPS) is 38.4. The van der Waals surface area contributed by atoms with Crippen molar-refractivity contribution < 1.29 is 9.47 Å². The first kappa shape index (κ1) is 22.9. The molecule has 0 aromatic rings. The minimum absolute atomic E-state index is 0.358. The predicted octanol–water partition coefficient (Wildman–Crippen LogP) is 8.42. The lowest BCUT2D eigenvalue weighted by atomic mass is 9.25. The number of hydrogen-bond donors (Lipinski definition) is 0. The highest BCUT2D eigenvalue weighted by Crippen LogP contribution is 2.52. The van der Waals surface area contributed by atoms with E-state index in [4.69, 9.17) is 9.47 Å². The van der Waals surface area contributed by atoms with Gasteiger partial charge in [0.05, 0.1) is 12.2 Å². The molecule has 0 radical (unpaired) electrons. The maximum atomic E-state index is 6.88. The zero-order valence-corrected chi connectivity index (χ0v) is 20.3. The van der Waals surface area contributed by atoms with E-state index < -0.39 is 0 Å². The van der Waals surface area contributed by atoms with Crippen LogP contribution >= 0.6 is 0 Å². The molecule has 4 unspecified atom stereocenters. The van der Waals surface area contributed by atoms with Gasteiger partial charge in [-0.05, 0) is 49.5 Å². The largest absolute Gasteiger partial charge is 0.491 e. The average molecular weight is 444 g/mol. The van der Waals surface area contributed by atoms with Crippen LogP contribution in [0, 0.1) is 0 Å². The highest BCUT2D eigenvalue weighted by molar-refractivity contribution is 6.71. The Balaban J connectivity index is 1.61. The number of fused-ring (bicyclic) bond motifs is 4. The van der Waals surface area contributed by atoms with Crippen LogP contribution in [0.25, 0.3) is 0 Å². The van der Waals surface area contributed by atoms with E-state index in [0.717, 1.165) is 11.5 Å². The van der Waals surface area contributed by atoms with Gasteiger partial charge >= 0.3 is 0 Å². The second-order valence-corrected chi connectivity index (χ2v) is 10.7. The van der Waals surface area contributed by atoms with Crippen LogP contribution in [0.2, 0.25) is 11.6 Å². The van der Waals surface area contributed by atoms with Gasteiger partial charge in [0.2, 0.25) is 0 Å². The van der Waals surface area contributed by atoms with E-state index in [2.05, 4.69) is 54.7 Å². The first-order chi connectivity index (χ1) is 16.4. The minimum Gasteiger partial charge on any atom is -0.491 e. The molecule has 5 aliphatic rings. The summed E-state index contributed by atoms with van der Waals surface area (Å²) in [4.78, 5) is 0. The van der Waals surface area contributed by atoms with Crippen LogP contribution in [-0.4, -0.2) is 18.9 Å². The molecular weight excluding hydrogens is 403 g/mol. The molecule has 3 heteroatoms. The first-order valence-electron chi connectivity index (χ1n) is 13.9. The lowest BCUT2D eigenvalue weighted by Crippen LogP contribution is -2.49. The predicted molar refractivity (Wildman–Crippen MR) is 139 cm³/mol. The summed E-state index contributed by atoms with van der Waals surface area (Å²) in [5, 5.41) is 0. The van der Waals surface area contributed by atoms with Crippen molar-refractivity contribution in [3.8, 4) is 0 Å². The first-order valence-corrected chi connectivity index (χ1v) is 13.9. The molecule has 0 bridgehead atoms. The molecular formula is C30H41BO2. The molecule has 2 heterocycles. The van der Waals surface area contributed by atoms with Crippen LogP contribution in [0.3, 0.4) is 0 Å². The summed E-state index contributed by atoms with van der Waals surface area (Å²) < 4.78 is 13.8. The molecule has 2 nitrogen and oxygen atoms in total. The molecule has 4 atom stereocenters. The molecule has 0 amide bonds. The van der Waals surface area contributed by atoms with E-state index in [0.29, 0.717) is 30.6 Å². The fourth-order valence-corrected chi connectivity index (χ4v) is 6.94. The van der Waals surface area contributed by atoms with Gasteiger partial charge in [-0.2, -0.15) is 0 Å². The third-order valence-corrected chi connectivity index (χ3v) is 8.51. The van der Waals surface area contributed by atoms with Crippen LogP contribution in [0.5, 0.6) is 0 Å². The molecule has 176 valence electrons. The van der Waals surface area contributed by atoms with E-state index in [1.165, 1.54) is 95.4 Å². The fourth-order valence-electron chi connectivity index (χ4n) is 6.94. The zero-order valence-electron chi connectivity index (χ0n) is 20.3. The fraction of sp³-hybridized carbons (Fsp3) is 0.600. The summed E-state index contributed by atoms with van der Waals surface area (Å²) in [6.07, 6.45) is 38.6. The minimum atomic E-state index is 0.358. The van der Waals surface area contributed by atoms with Gasteiger partial charge in [0.1, 0.15) is 11.5 Å². The van der Waals surface area contributed by atoms with Gasteiger partial charge in [0, 0.05) is 5.47 Å². The second-order valence-electron chi connectivity index (χ2n) is 10.7.